The van der Waals surface area contributed by atoms with Gasteiger partial charge < -0.3 is 14.5 Å². The normalized spacial score (nSPS) is 19.6. The van der Waals surface area contributed by atoms with Crippen molar-refractivity contribution in [1.82, 2.24) is 15.5 Å². The quantitative estimate of drug-likeness (QED) is 0.493. The van der Waals surface area contributed by atoms with E-state index in [1.54, 1.807) is 0 Å². The Morgan fingerprint density at radius 3 is 2.84 bits per heavy atom. The summed E-state index contributed by atoms with van der Waals surface area (Å²) in [5.74, 6) is -1.20. The summed E-state index contributed by atoms with van der Waals surface area (Å²) >= 11 is 5.57. The minimum Gasteiger partial charge on any atom is -0.484 e. The van der Waals surface area contributed by atoms with Crippen molar-refractivity contribution in [1.29, 1.82) is 0 Å². The van der Waals surface area contributed by atoms with E-state index < -0.39 is 24.7 Å². The van der Waals surface area contributed by atoms with Crippen LogP contribution in [0.15, 0.2) is 27.6 Å². The fraction of sp³-hybridized carbons (Fsp3) is 0.444. The average molecular weight is 465 g/mol. The van der Waals surface area contributed by atoms with E-state index in [-0.39, 0.29) is 41.1 Å². The number of piperidine rings is 1. The smallest absolute Gasteiger partial charge is 0.484 e. The van der Waals surface area contributed by atoms with E-state index in [1.165, 1.54) is 18.3 Å². The van der Waals surface area contributed by atoms with E-state index in [0.717, 1.165) is 6.07 Å². The lowest BCUT2D eigenvalue weighted by Gasteiger charge is -2.25. The van der Waals surface area contributed by atoms with Crippen molar-refractivity contribution in [2.24, 2.45) is 10.9 Å². The largest absolute Gasteiger partial charge is 0.523 e. The first-order chi connectivity index (χ1) is 14.7. The number of carbonyl (C=O) groups is 1. The van der Waals surface area contributed by atoms with Crippen LogP contribution in [0.25, 0.3) is 0 Å². The van der Waals surface area contributed by atoms with Gasteiger partial charge in [-0.15, -0.1) is 23.4 Å². The van der Waals surface area contributed by atoms with E-state index >= 15 is 0 Å². The van der Waals surface area contributed by atoms with Crippen LogP contribution in [0, 0.1) is 11.7 Å². The van der Waals surface area contributed by atoms with Crippen molar-refractivity contribution in [3.05, 3.63) is 40.8 Å². The molecule has 0 radical (unpaired) electrons. The molecule has 0 bridgehead atoms. The summed E-state index contributed by atoms with van der Waals surface area (Å²) in [7, 11) is 0. The summed E-state index contributed by atoms with van der Waals surface area (Å²) in [5.41, 5.74) is 0. The van der Waals surface area contributed by atoms with Crippen LogP contribution in [0.4, 0.5) is 17.6 Å². The predicted molar refractivity (Wildman–Crippen MR) is 99.0 cm³/mol. The molecule has 1 aliphatic rings. The molecule has 1 aliphatic heterocycles. The zero-order chi connectivity index (χ0) is 22.4. The first-order valence-corrected chi connectivity index (χ1v) is 9.48. The van der Waals surface area contributed by atoms with Crippen molar-refractivity contribution >= 4 is 23.7 Å². The second-order valence-electron chi connectivity index (χ2n) is 6.60. The highest BCUT2D eigenvalue weighted by Gasteiger charge is 2.31. The Hall–Kier alpha value is -2.57. The van der Waals surface area contributed by atoms with Gasteiger partial charge in [-0.3, -0.25) is 9.53 Å². The summed E-state index contributed by atoms with van der Waals surface area (Å²) < 4.78 is 63.5. The number of alkyl halides is 3. The number of halogens is 5. The summed E-state index contributed by atoms with van der Waals surface area (Å²) in [6.07, 6.45) is -2.10. The molecule has 2 aromatic rings. The fourth-order valence-electron chi connectivity index (χ4n) is 2.76. The monoisotopic (exact) mass is 464 g/mol. The number of benzene rings is 1. The van der Waals surface area contributed by atoms with Gasteiger partial charge in [0.1, 0.15) is 18.2 Å². The number of nitrogens with zero attached hydrogens (tertiary/aromatic N) is 3. The van der Waals surface area contributed by atoms with E-state index in [9.17, 15) is 22.4 Å². The molecule has 1 saturated heterocycles. The number of amides is 1. The zero-order valence-electron chi connectivity index (χ0n) is 15.9. The molecule has 2 atom stereocenters. The van der Waals surface area contributed by atoms with E-state index in [4.69, 9.17) is 20.8 Å². The predicted octanol–water partition coefficient (Wildman–Crippen LogP) is 3.62. The molecule has 168 valence electrons. The molecule has 0 spiro atoms. The summed E-state index contributed by atoms with van der Waals surface area (Å²) in [6, 6.07) is 3.50. The highest BCUT2D eigenvalue weighted by atomic mass is 35.5. The van der Waals surface area contributed by atoms with Crippen LogP contribution in [-0.2, 0) is 16.1 Å². The highest BCUT2D eigenvalue weighted by Crippen LogP contribution is 2.25. The Balaban J connectivity index is 1.41. The van der Waals surface area contributed by atoms with E-state index in [2.05, 4.69) is 25.2 Å². The SMILES string of the molecule is O=C(COc1ccc(Cl)c(F)c1)N=CC1CC[C@H](c2nnc(COC(F)(F)F)o2)NC1. The fourth-order valence-corrected chi connectivity index (χ4v) is 2.88. The topological polar surface area (TPSA) is 98.8 Å². The Morgan fingerprint density at radius 2 is 2.16 bits per heavy atom. The number of nitrogens with one attached hydrogen (secondary N) is 1. The van der Waals surface area contributed by atoms with E-state index in [0.29, 0.717) is 19.4 Å². The molecule has 0 saturated carbocycles. The third kappa shape index (κ3) is 7.26. The van der Waals surface area contributed by atoms with Crippen molar-refractivity contribution in [2.45, 2.75) is 31.9 Å². The first kappa shape index (κ1) is 23.1. The zero-order valence-corrected chi connectivity index (χ0v) is 16.6. The van der Waals surface area contributed by atoms with Gasteiger partial charge in [0.15, 0.2) is 6.61 Å². The maximum absolute atomic E-state index is 13.3. The third-order valence-electron chi connectivity index (χ3n) is 4.28. The molecule has 31 heavy (non-hydrogen) atoms. The molecule has 1 unspecified atom stereocenters. The first-order valence-electron chi connectivity index (χ1n) is 9.11. The molecule has 2 heterocycles. The molecular formula is C18H17ClF4N4O4. The molecule has 13 heteroatoms. The number of hydrogen-bond acceptors (Lipinski definition) is 7. The van der Waals surface area contributed by atoms with Gasteiger partial charge in [-0.25, -0.2) is 9.38 Å². The second-order valence-corrected chi connectivity index (χ2v) is 7.01. The summed E-state index contributed by atoms with van der Waals surface area (Å²) in [6.45, 7) is -0.766. The molecule has 0 aliphatic carbocycles. The van der Waals surface area contributed by atoms with Crippen LogP contribution in [0.3, 0.4) is 0 Å². The van der Waals surface area contributed by atoms with Gasteiger partial charge in [0.25, 0.3) is 5.91 Å². The minimum atomic E-state index is -4.78. The van der Waals surface area contributed by atoms with Gasteiger partial charge in [-0.1, -0.05) is 11.6 Å². The molecule has 1 aromatic carbocycles. The van der Waals surface area contributed by atoms with Crippen LogP contribution in [0.2, 0.25) is 5.02 Å². The van der Waals surface area contributed by atoms with Crippen LogP contribution in [-0.4, -0.2) is 41.8 Å². The molecule has 1 aromatic heterocycles. The summed E-state index contributed by atoms with van der Waals surface area (Å²) in [5, 5.41) is 10.3. The number of hydrogen-bond donors (Lipinski definition) is 1. The van der Waals surface area contributed by atoms with Crippen molar-refractivity contribution in [3.63, 3.8) is 0 Å². The molecule has 1 amide bonds. The Bertz CT molecular complexity index is 930. The number of ether oxygens (including phenoxy) is 2. The number of aliphatic imine (C=N–C) groups is 1. The van der Waals surface area contributed by atoms with Crippen LogP contribution < -0.4 is 10.1 Å². The molecule has 3 rings (SSSR count). The van der Waals surface area contributed by atoms with Gasteiger partial charge in [0.2, 0.25) is 11.8 Å². The standard InChI is InChI=1S/C18H17ClF4N4O4/c19-12-3-2-11(5-13(12)20)29-8-15(28)25-7-10-1-4-14(24-6-10)17-27-26-16(31-17)9-30-18(21,22)23/h2-3,5,7,10,14,24H,1,4,6,8-9H2/t10?,14-/m1/s1. The van der Waals surface area contributed by atoms with Gasteiger partial charge in [-0.05, 0) is 25.0 Å². The molecule has 1 fully saturated rings. The maximum atomic E-state index is 13.3. The molecule has 1 N–H and O–H groups in total. The Morgan fingerprint density at radius 1 is 1.35 bits per heavy atom. The molecular weight excluding hydrogens is 448 g/mol. The Kier molecular flexibility index (Phi) is 7.57. The lowest BCUT2D eigenvalue weighted by Crippen LogP contribution is -2.34. The summed E-state index contributed by atoms with van der Waals surface area (Å²) in [4.78, 5) is 15.7. The van der Waals surface area contributed by atoms with Crippen LogP contribution in [0.1, 0.15) is 30.7 Å². The maximum Gasteiger partial charge on any atom is 0.523 e. The van der Waals surface area contributed by atoms with Crippen LogP contribution >= 0.6 is 11.6 Å². The third-order valence-corrected chi connectivity index (χ3v) is 4.58. The highest BCUT2D eigenvalue weighted by molar-refractivity contribution is 6.30. The second kappa shape index (κ2) is 10.2. The average Bonchev–Trinajstić information content (AvgIpc) is 3.21. The van der Waals surface area contributed by atoms with Crippen LogP contribution in [0.5, 0.6) is 5.75 Å². The van der Waals surface area contributed by atoms with E-state index in [1.807, 2.05) is 0 Å². The lowest BCUT2D eigenvalue weighted by atomic mass is 9.95. The van der Waals surface area contributed by atoms with Crippen molar-refractivity contribution in [3.8, 4) is 5.75 Å². The van der Waals surface area contributed by atoms with Crippen molar-refractivity contribution < 1.29 is 36.2 Å². The van der Waals surface area contributed by atoms with Gasteiger partial charge in [0.05, 0.1) is 11.1 Å². The number of aromatic nitrogens is 2. The lowest BCUT2D eigenvalue weighted by molar-refractivity contribution is -0.332. The van der Waals surface area contributed by atoms with Gasteiger partial charge in [-0.2, -0.15) is 0 Å². The van der Waals surface area contributed by atoms with Crippen molar-refractivity contribution in [2.75, 3.05) is 13.2 Å². The van der Waals surface area contributed by atoms with Gasteiger partial charge >= 0.3 is 6.36 Å². The number of rotatable bonds is 7. The minimum absolute atomic E-state index is 0.0498. The van der Waals surface area contributed by atoms with Gasteiger partial charge in [0, 0.05) is 24.7 Å². The Labute approximate surface area is 178 Å². The molecule has 8 nitrogen and oxygen atoms in total. The number of carbonyl (C=O) groups excluding carboxylic acids is 1.